The summed E-state index contributed by atoms with van der Waals surface area (Å²) in [6, 6.07) is 6.08. The van der Waals surface area contributed by atoms with E-state index in [9.17, 15) is 8.42 Å². The van der Waals surface area contributed by atoms with Crippen LogP contribution in [0.15, 0.2) is 39.9 Å². The lowest BCUT2D eigenvalue weighted by Gasteiger charge is -2.18. The lowest BCUT2D eigenvalue weighted by atomic mass is 10.3. The normalized spacial score (nSPS) is 14.2. The Morgan fingerprint density at radius 3 is 2.70 bits per heavy atom. The van der Waals surface area contributed by atoms with Crippen molar-refractivity contribution in [2.24, 2.45) is 0 Å². The molecule has 0 aliphatic carbocycles. The quantitative estimate of drug-likeness (QED) is 0.902. The Hall–Kier alpha value is -2.06. The van der Waals surface area contributed by atoms with E-state index in [-0.39, 0.29) is 11.4 Å². The van der Waals surface area contributed by atoms with E-state index >= 15 is 0 Å². The number of hydrogen-bond acceptors (Lipinski definition) is 6. The monoisotopic (exact) mass is 296 g/mol. The highest BCUT2D eigenvalue weighted by molar-refractivity contribution is 7.89. The second-order valence-electron chi connectivity index (χ2n) is 4.11. The van der Waals surface area contributed by atoms with E-state index in [1.54, 1.807) is 12.1 Å². The zero-order valence-electron chi connectivity index (χ0n) is 10.4. The molecule has 8 heteroatoms. The maximum atomic E-state index is 12.1. The highest BCUT2D eigenvalue weighted by Gasteiger charge is 2.19. The SMILES string of the molecule is O=S(=O)(NCc1ccno1)c1ccc2c(c1)OCCO2. The molecule has 0 spiro atoms. The summed E-state index contributed by atoms with van der Waals surface area (Å²) in [5.41, 5.74) is 0. The van der Waals surface area contributed by atoms with Gasteiger partial charge in [0.15, 0.2) is 17.3 Å². The molecule has 7 nitrogen and oxygen atoms in total. The van der Waals surface area contributed by atoms with Crippen molar-refractivity contribution in [1.29, 1.82) is 0 Å². The van der Waals surface area contributed by atoms with Gasteiger partial charge in [-0.3, -0.25) is 0 Å². The molecule has 0 bridgehead atoms. The van der Waals surface area contributed by atoms with Gasteiger partial charge in [-0.15, -0.1) is 0 Å². The molecule has 3 rings (SSSR count). The first kappa shape index (κ1) is 12.9. The van der Waals surface area contributed by atoms with Crippen molar-refractivity contribution < 1.29 is 22.4 Å². The lowest BCUT2D eigenvalue weighted by molar-refractivity contribution is 0.171. The van der Waals surface area contributed by atoms with Gasteiger partial charge < -0.3 is 14.0 Å². The Balaban J connectivity index is 1.80. The van der Waals surface area contributed by atoms with Crippen LogP contribution in [-0.2, 0) is 16.6 Å². The van der Waals surface area contributed by atoms with Crippen LogP contribution in [-0.4, -0.2) is 26.8 Å². The second-order valence-corrected chi connectivity index (χ2v) is 5.88. The van der Waals surface area contributed by atoms with E-state index in [1.807, 2.05) is 0 Å². The van der Waals surface area contributed by atoms with Gasteiger partial charge in [-0.1, -0.05) is 5.16 Å². The molecular formula is C12H12N2O5S. The molecule has 20 heavy (non-hydrogen) atoms. The fraction of sp³-hybridized carbons (Fsp3) is 0.250. The third-order valence-electron chi connectivity index (χ3n) is 2.75. The number of nitrogens with one attached hydrogen (secondary N) is 1. The van der Waals surface area contributed by atoms with Crippen molar-refractivity contribution >= 4 is 10.0 Å². The number of sulfonamides is 1. The second kappa shape index (κ2) is 5.14. The summed E-state index contributed by atoms with van der Waals surface area (Å²) in [5.74, 6) is 1.41. The van der Waals surface area contributed by atoms with E-state index in [0.29, 0.717) is 30.5 Å². The summed E-state index contributed by atoms with van der Waals surface area (Å²) in [7, 11) is -3.64. The number of aromatic nitrogens is 1. The molecule has 2 heterocycles. The maximum Gasteiger partial charge on any atom is 0.241 e. The van der Waals surface area contributed by atoms with Crippen molar-refractivity contribution in [3.05, 3.63) is 36.2 Å². The van der Waals surface area contributed by atoms with Crippen molar-refractivity contribution in [2.75, 3.05) is 13.2 Å². The number of hydrogen-bond donors (Lipinski definition) is 1. The van der Waals surface area contributed by atoms with Crippen LogP contribution in [0.1, 0.15) is 5.76 Å². The predicted molar refractivity (Wildman–Crippen MR) is 68.0 cm³/mol. The third-order valence-corrected chi connectivity index (χ3v) is 4.15. The molecule has 1 aliphatic rings. The zero-order valence-corrected chi connectivity index (χ0v) is 11.2. The standard InChI is InChI=1S/C12H12N2O5S/c15-20(16,14-8-9-3-4-13-19-9)10-1-2-11-12(7-10)18-6-5-17-11/h1-4,7,14H,5-6,8H2. The minimum Gasteiger partial charge on any atom is -0.486 e. The smallest absolute Gasteiger partial charge is 0.241 e. The first-order valence-corrected chi connectivity index (χ1v) is 7.42. The Labute approximate surface area is 115 Å². The molecular weight excluding hydrogens is 284 g/mol. The van der Waals surface area contributed by atoms with E-state index in [1.165, 1.54) is 18.3 Å². The van der Waals surface area contributed by atoms with Crippen LogP contribution in [0.2, 0.25) is 0 Å². The Morgan fingerprint density at radius 1 is 1.15 bits per heavy atom. The van der Waals surface area contributed by atoms with Gasteiger partial charge in [-0.2, -0.15) is 0 Å². The Morgan fingerprint density at radius 2 is 1.95 bits per heavy atom. The van der Waals surface area contributed by atoms with Crippen molar-refractivity contribution in [2.45, 2.75) is 11.4 Å². The molecule has 0 radical (unpaired) electrons. The topological polar surface area (TPSA) is 90.7 Å². The van der Waals surface area contributed by atoms with Crippen molar-refractivity contribution in [3.8, 4) is 11.5 Å². The van der Waals surface area contributed by atoms with Crippen LogP contribution in [0, 0.1) is 0 Å². The molecule has 0 saturated heterocycles. The average molecular weight is 296 g/mol. The highest BCUT2D eigenvalue weighted by Crippen LogP contribution is 2.32. The number of nitrogens with zero attached hydrogens (tertiary/aromatic N) is 1. The molecule has 0 fully saturated rings. The molecule has 2 aromatic rings. The van der Waals surface area contributed by atoms with Crippen LogP contribution < -0.4 is 14.2 Å². The number of fused-ring (bicyclic) bond motifs is 1. The number of rotatable bonds is 4. The van der Waals surface area contributed by atoms with Crippen LogP contribution in [0.3, 0.4) is 0 Å². The van der Waals surface area contributed by atoms with Gasteiger partial charge in [0.25, 0.3) is 0 Å². The minimum atomic E-state index is -3.64. The van der Waals surface area contributed by atoms with E-state index < -0.39 is 10.0 Å². The minimum absolute atomic E-state index is 0.0385. The van der Waals surface area contributed by atoms with Crippen LogP contribution in [0.25, 0.3) is 0 Å². The molecule has 0 saturated carbocycles. The maximum absolute atomic E-state index is 12.1. The molecule has 1 aliphatic heterocycles. The molecule has 0 atom stereocenters. The van der Waals surface area contributed by atoms with Gasteiger partial charge in [0, 0.05) is 12.1 Å². The van der Waals surface area contributed by atoms with Gasteiger partial charge in [0.1, 0.15) is 13.2 Å². The first-order valence-electron chi connectivity index (χ1n) is 5.94. The average Bonchev–Trinajstić information content (AvgIpc) is 2.98. The molecule has 1 aromatic carbocycles. The van der Waals surface area contributed by atoms with Crippen LogP contribution in [0.4, 0.5) is 0 Å². The summed E-state index contributed by atoms with van der Waals surface area (Å²) < 4.78 is 42.3. The summed E-state index contributed by atoms with van der Waals surface area (Å²) in [6.45, 7) is 0.904. The van der Waals surface area contributed by atoms with Crippen LogP contribution >= 0.6 is 0 Å². The molecule has 1 aromatic heterocycles. The van der Waals surface area contributed by atoms with Gasteiger partial charge in [-0.05, 0) is 12.1 Å². The van der Waals surface area contributed by atoms with E-state index in [2.05, 4.69) is 9.88 Å². The lowest BCUT2D eigenvalue weighted by Crippen LogP contribution is -2.23. The summed E-state index contributed by atoms with van der Waals surface area (Å²) in [6.07, 6.45) is 1.45. The fourth-order valence-corrected chi connectivity index (χ4v) is 2.78. The number of benzene rings is 1. The Bertz CT molecular complexity index is 697. The summed E-state index contributed by atoms with van der Waals surface area (Å²) in [5, 5.41) is 3.51. The molecule has 0 unspecified atom stereocenters. The fourth-order valence-electron chi connectivity index (χ4n) is 1.77. The van der Waals surface area contributed by atoms with E-state index in [0.717, 1.165) is 0 Å². The molecule has 1 N–H and O–H groups in total. The molecule has 0 amide bonds. The zero-order chi connectivity index (χ0) is 14.0. The van der Waals surface area contributed by atoms with Gasteiger partial charge in [-0.25, -0.2) is 13.1 Å². The largest absolute Gasteiger partial charge is 0.486 e. The van der Waals surface area contributed by atoms with Gasteiger partial charge in [0.2, 0.25) is 10.0 Å². The number of ether oxygens (including phenoxy) is 2. The summed E-state index contributed by atoms with van der Waals surface area (Å²) in [4.78, 5) is 0.112. The first-order chi connectivity index (χ1) is 9.65. The van der Waals surface area contributed by atoms with Crippen molar-refractivity contribution in [1.82, 2.24) is 9.88 Å². The summed E-state index contributed by atoms with van der Waals surface area (Å²) >= 11 is 0. The van der Waals surface area contributed by atoms with Crippen molar-refractivity contribution in [3.63, 3.8) is 0 Å². The highest BCUT2D eigenvalue weighted by atomic mass is 32.2. The van der Waals surface area contributed by atoms with Gasteiger partial charge in [0.05, 0.1) is 17.6 Å². The molecule has 106 valence electrons. The van der Waals surface area contributed by atoms with E-state index in [4.69, 9.17) is 14.0 Å². The predicted octanol–water partition coefficient (Wildman–Crippen LogP) is 0.924. The Kier molecular flexibility index (Phi) is 3.33. The third kappa shape index (κ3) is 2.61. The van der Waals surface area contributed by atoms with Crippen LogP contribution in [0.5, 0.6) is 11.5 Å². The van der Waals surface area contributed by atoms with Gasteiger partial charge >= 0.3 is 0 Å².